The van der Waals surface area contributed by atoms with Gasteiger partial charge in [0.1, 0.15) is 0 Å². The molecule has 1 aromatic carbocycles. The molecule has 1 amide bonds. The van der Waals surface area contributed by atoms with Crippen LogP contribution in [-0.2, 0) is 23.9 Å². The summed E-state index contributed by atoms with van der Waals surface area (Å²) in [5.74, 6) is -0.808. The smallest absolute Gasteiger partial charge is 0.338 e. The van der Waals surface area contributed by atoms with Crippen molar-refractivity contribution in [2.75, 3.05) is 19.7 Å². The number of likely N-dealkylation sites (tertiary alicyclic amines) is 1. The molecule has 0 aromatic heterocycles. The second-order valence-electron chi connectivity index (χ2n) is 9.48. The minimum atomic E-state index is -0.500. The largest absolute Gasteiger partial charge is 0.466 e. The standard InChI is InChI=1S/C27H32ClN3O5S/c1-5-35-25(33)19-10-12-30(13-11-19)22(32)14-21-15-37-27-29-17(4)23(26(34)36-16(2)3)24(31(21)27)18-6-8-20(28)9-7-18/h6-9,15-16,19,24H,5,10-14H2,1-4H3/t24-/m1/s1. The summed E-state index contributed by atoms with van der Waals surface area (Å²) < 4.78 is 10.7. The Kier molecular flexibility index (Phi) is 8.64. The molecule has 0 N–H and O–H groups in total. The molecule has 37 heavy (non-hydrogen) atoms. The highest BCUT2D eigenvalue weighted by atomic mass is 35.5. The number of piperidine rings is 1. The monoisotopic (exact) mass is 545 g/mol. The Morgan fingerprint density at radius 1 is 1.16 bits per heavy atom. The Labute approximate surface area is 226 Å². The zero-order valence-corrected chi connectivity index (χ0v) is 23.1. The number of hydrogen-bond donors (Lipinski definition) is 0. The minimum absolute atomic E-state index is 0.0251. The number of benzene rings is 1. The van der Waals surface area contributed by atoms with Gasteiger partial charge >= 0.3 is 11.9 Å². The first kappa shape index (κ1) is 27.3. The second kappa shape index (κ2) is 11.7. The van der Waals surface area contributed by atoms with Crippen molar-refractivity contribution in [3.8, 4) is 0 Å². The Hall–Kier alpha value is -2.78. The van der Waals surface area contributed by atoms with Crippen LogP contribution in [0.5, 0.6) is 0 Å². The van der Waals surface area contributed by atoms with Crippen molar-refractivity contribution in [3.05, 3.63) is 57.2 Å². The molecular weight excluding hydrogens is 514 g/mol. The van der Waals surface area contributed by atoms with Gasteiger partial charge in [-0.1, -0.05) is 35.5 Å². The Morgan fingerprint density at radius 3 is 2.46 bits per heavy atom. The lowest BCUT2D eigenvalue weighted by atomic mass is 9.93. The van der Waals surface area contributed by atoms with Crippen LogP contribution < -0.4 is 0 Å². The number of allylic oxidation sites excluding steroid dienone is 1. The van der Waals surface area contributed by atoms with Crippen molar-refractivity contribution >= 4 is 46.4 Å². The van der Waals surface area contributed by atoms with Gasteiger partial charge in [0.15, 0.2) is 5.17 Å². The Balaban J connectivity index is 1.56. The molecule has 4 rings (SSSR count). The van der Waals surface area contributed by atoms with E-state index in [0.717, 1.165) is 11.3 Å². The average molecular weight is 546 g/mol. The van der Waals surface area contributed by atoms with Crippen molar-refractivity contribution in [1.29, 1.82) is 0 Å². The van der Waals surface area contributed by atoms with Gasteiger partial charge in [0, 0.05) is 23.8 Å². The van der Waals surface area contributed by atoms with E-state index < -0.39 is 12.0 Å². The lowest BCUT2D eigenvalue weighted by molar-refractivity contribution is -0.151. The van der Waals surface area contributed by atoms with Gasteiger partial charge in [-0.3, -0.25) is 9.59 Å². The van der Waals surface area contributed by atoms with E-state index in [1.54, 1.807) is 24.0 Å². The van der Waals surface area contributed by atoms with Gasteiger partial charge in [0.2, 0.25) is 5.91 Å². The highest BCUT2D eigenvalue weighted by Crippen LogP contribution is 2.45. The molecule has 0 aliphatic carbocycles. The van der Waals surface area contributed by atoms with E-state index >= 15 is 0 Å². The third-order valence-corrected chi connectivity index (χ3v) is 7.69. The molecule has 1 aromatic rings. The molecule has 198 valence electrons. The van der Waals surface area contributed by atoms with Gasteiger partial charge in [-0.2, -0.15) is 0 Å². The molecule has 0 saturated carbocycles. The van der Waals surface area contributed by atoms with Crippen LogP contribution >= 0.6 is 23.4 Å². The molecule has 3 aliphatic rings. The van der Waals surface area contributed by atoms with Gasteiger partial charge in [-0.05, 0) is 63.6 Å². The fourth-order valence-electron chi connectivity index (χ4n) is 4.76. The number of nitrogens with zero attached hydrogens (tertiary/aromatic N) is 3. The molecule has 10 heteroatoms. The van der Waals surface area contributed by atoms with Crippen LogP contribution in [0.3, 0.4) is 0 Å². The number of amidine groups is 1. The number of aliphatic imine (C=N–C) groups is 1. The average Bonchev–Trinajstić information content (AvgIpc) is 3.25. The predicted octanol–water partition coefficient (Wildman–Crippen LogP) is 5.06. The SMILES string of the molecule is CCOC(=O)C1CCN(C(=O)CC2=CSC3=NC(C)=C(C(=O)OC(C)C)[C@@H](c4ccc(Cl)cc4)N23)CC1. The van der Waals surface area contributed by atoms with E-state index in [9.17, 15) is 14.4 Å². The second-order valence-corrected chi connectivity index (χ2v) is 10.8. The van der Waals surface area contributed by atoms with Crippen LogP contribution in [0.2, 0.25) is 5.02 Å². The molecule has 3 heterocycles. The van der Waals surface area contributed by atoms with Crippen LogP contribution in [0.25, 0.3) is 0 Å². The fraction of sp³-hybridized carbons (Fsp3) is 0.481. The Morgan fingerprint density at radius 2 is 1.84 bits per heavy atom. The maximum absolute atomic E-state index is 13.3. The lowest BCUT2D eigenvalue weighted by Gasteiger charge is -2.37. The molecular formula is C27H32ClN3O5S. The zero-order chi connectivity index (χ0) is 26.7. The molecule has 8 nitrogen and oxygen atoms in total. The van der Waals surface area contributed by atoms with Crippen LogP contribution in [0.15, 0.2) is 51.6 Å². The number of hydrogen-bond acceptors (Lipinski definition) is 8. The number of rotatable bonds is 7. The summed E-state index contributed by atoms with van der Waals surface area (Å²) in [5.41, 5.74) is 2.65. The van der Waals surface area contributed by atoms with Crippen LogP contribution in [-0.4, -0.2) is 58.6 Å². The Bertz CT molecular complexity index is 1150. The number of amides is 1. The van der Waals surface area contributed by atoms with Gasteiger partial charge in [0.25, 0.3) is 0 Å². The van der Waals surface area contributed by atoms with Crippen LogP contribution in [0.1, 0.15) is 58.6 Å². The topological polar surface area (TPSA) is 88.5 Å². The van der Waals surface area contributed by atoms with E-state index in [1.807, 2.05) is 43.2 Å². The third kappa shape index (κ3) is 6.04. The number of thioether (sulfide) groups is 1. The van der Waals surface area contributed by atoms with Crippen LogP contribution in [0, 0.1) is 5.92 Å². The summed E-state index contributed by atoms with van der Waals surface area (Å²) in [6, 6.07) is 6.84. The van der Waals surface area contributed by atoms with Gasteiger partial charge < -0.3 is 19.3 Å². The van der Waals surface area contributed by atoms with Gasteiger partial charge in [-0.25, -0.2) is 9.79 Å². The summed E-state index contributed by atoms with van der Waals surface area (Å²) in [6.45, 7) is 8.60. The van der Waals surface area contributed by atoms with E-state index in [0.29, 0.717) is 54.0 Å². The first-order valence-corrected chi connectivity index (χ1v) is 13.8. The summed E-state index contributed by atoms with van der Waals surface area (Å²) >= 11 is 7.59. The molecule has 0 radical (unpaired) electrons. The van der Waals surface area contributed by atoms with Crippen molar-refractivity contribution in [1.82, 2.24) is 9.80 Å². The summed E-state index contributed by atoms with van der Waals surface area (Å²) in [6.07, 6.45) is 1.06. The summed E-state index contributed by atoms with van der Waals surface area (Å²) in [4.78, 5) is 47.1. The summed E-state index contributed by atoms with van der Waals surface area (Å²) in [5, 5.41) is 3.23. The van der Waals surface area contributed by atoms with Gasteiger partial charge in [0.05, 0.1) is 42.4 Å². The van der Waals surface area contributed by atoms with E-state index in [-0.39, 0.29) is 30.3 Å². The van der Waals surface area contributed by atoms with Crippen molar-refractivity contribution in [2.45, 2.75) is 59.1 Å². The molecule has 1 atom stereocenters. The molecule has 1 saturated heterocycles. The number of carbonyl (C=O) groups is 3. The van der Waals surface area contributed by atoms with Crippen molar-refractivity contribution in [2.24, 2.45) is 10.9 Å². The van der Waals surface area contributed by atoms with Crippen molar-refractivity contribution < 1.29 is 23.9 Å². The summed E-state index contributed by atoms with van der Waals surface area (Å²) in [7, 11) is 0. The van der Waals surface area contributed by atoms with Gasteiger partial charge in [-0.15, -0.1) is 0 Å². The highest BCUT2D eigenvalue weighted by molar-refractivity contribution is 8.16. The van der Waals surface area contributed by atoms with Crippen LogP contribution in [0.4, 0.5) is 0 Å². The fourth-order valence-corrected chi connectivity index (χ4v) is 5.85. The maximum atomic E-state index is 13.3. The first-order valence-electron chi connectivity index (χ1n) is 12.5. The highest BCUT2D eigenvalue weighted by Gasteiger charge is 2.42. The molecule has 0 unspecified atom stereocenters. The maximum Gasteiger partial charge on any atom is 0.338 e. The normalized spacial score (nSPS) is 20.0. The predicted molar refractivity (Wildman–Crippen MR) is 144 cm³/mol. The van der Waals surface area contributed by atoms with E-state index in [4.69, 9.17) is 26.1 Å². The number of fused-ring (bicyclic) bond motifs is 1. The number of ether oxygens (including phenoxy) is 2. The van der Waals surface area contributed by atoms with Crippen molar-refractivity contribution in [3.63, 3.8) is 0 Å². The third-order valence-electron chi connectivity index (χ3n) is 6.55. The molecule has 3 aliphatic heterocycles. The number of halogens is 1. The number of esters is 2. The minimum Gasteiger partial charge on any atom is -0.466 e. The quantitative estimate of drug-likeness (QED) is 0.442. The van der Waals surface area contributed by atoms with E-state index in [2.05, 4.69) is 0 Å². The first-order chi connectivity index (χ1) is 17.7. The van der Waals surface area contributed by atoms with E-state index in [1.165, 1.54) is 11.8 Å². The lowest BCUT2D eigenvalue weighted by Crippen LogP contribution is -2.42. The number of carbonyl (C=O) groups excluding carboxylic acids is 3. The molecule has 1 fully saturated rings. The molecule has 0 spiro atoms. The zero-order valence-electron chi connectivity index (χ0n) is 21.5. The molecule has 0 bridgehead atoms.